The summed E-state index contributed by atoms with van der Waals surface area (Å²) in [4.78, 5) is 14.3. The minimum Gasteiger partial charge on any atom is -0.312 e. The van der Waals surface area contributed by atoms with Crippen molar-refractivity contribution in [2.24, 2.45) is 0 Å². The number of sulfonamides is 1. The van der Waals surface area contributed by atoms with Gasteiger partial charge in [-0.15, -0.1) is 0 Å². The number of nitrogens with zero attached hydrogens (tertiary/aromatic N) is 1. The van der Waals surface area contributed by atoms with E-state index in [1.165, 1.54) is 25.2 Å². The number of aryl methyl sites for hydroxylation is 1. The van der Waals surface area contributed by atoms with E-state index in [0.717, 1.165) is 10.5 Å². The summed E-state index contributed by atoms with van der Waals surface area (Å²) in [5.74, 6) is -0.893. The Kier molecular flexibility index (Phi) is 5.37. The lowest BCUT2D eigenvalue weighted by molar-refractivity contribution is -0.130. The van der Waals surface area contributed by atoms with Crippen LogP contribution in [0.3, 0.4) is 0 Å². The maximum Gasteiger partial charge on any atom is 0.271 e. The topological polar surface area (TPSA) is 66.5 Å². The maximum atomic E-state index is 16.9. The molecule has 1 aliphatic rings. The Labute approximate surface area is 185 Å². The lowest BCUT2D eigenvalue weighted by Crippen LogP contribution is -2.47. The third kappa shape index (κ3) is 3.52. The third-order valence-corrected chi connectivity index (χ3v) is 7.22. The van der Waals surface area contributed by atoms with E-state index >= 15 is 4.39 Å². The van der Waals surface area contributed by atoms with Gasteiger partial charge in [0.15, 0.2) is 0 Å². The molecule has 0 saturated carbocycles. The first-order chi connectivity index (χ1) is 14.7. The molecule has 0 fully saturated rings. The molecule has 0 bridgehead atoms. The molecule has 5 nitrogen and oxygen atoms in total. The van der Waals surface area contributed by atoms with Crippen molar-refractivity contribution in [3.05, 3.63) is 94.5 Å². The smallest absolute Gasteiger partial charge is 0.271 e. The van der Waals surface area contributed by atoms with Crippen LogP contribution in [0.1, 0.15) is 22.7 Å². The Bertz CT molecular complexity index is 1250. The second-order valence-corrected chi connectivity index (χ2v) is 9.61. The molecule has 1 N–H and O–H groups in total. The zero-order chi connectivity index (χ0) is 22.4. The van der Waals surface area contributed by atoms with Gasteiger partial charge in [0.2, 0.25) is 15.7 Å². The molecule has 1 aliphatic heterocycles. The molecular formula is C23H20ClFN2O3S. The molecule has 3 aromatic carbocycles. The summed E-state index contributed by atoms with van der Waals surface area (Å²) in [5.41, 5.74) is -1.30. The number of halogens is 2. The molecule has 0 aromatic heterocycles. The van der Waals surface area contributed by atoms with Gasteiger partial charge >= 0.3 is 0 Å². The van der Waals surface area contributed by atoms with E-state index in [1.807, 2.05) is 6.92 Å². The molecule has 3 aromatic rings. The maximum absolute atomic E-state index is 16.9. The van der Waals surface area contributed by atoms with Crippen LogP contribution >= 0.6 is 11.6 Å². The van der Waals surface area contributed by atoms with E-state index in [1.54, 1.807) is 54.6 Å². The molecular weight excluding hydrogens is 439 g/mol. The van der Waals surface area contributed by atoms with Crippen LogP contribution in [0.5, 0.6) is 0 Å². The zero-order valence-electron chi connectivity index (χ0n) is 16.8. The Morgan fingerprint density at radius 1 is 1.00 bits per heavy atom. The number of carbonyl (C=O) groups is 1. The average molecular weight is 459 g/mol. The van der Waals surface area contributed by atoms with Gasteiger partial charge in [0.05, 0.1) is 16.6 Å². The first-order valence-corrected chi connectivity index (χ1v) is 11.4. The van der Waals surface area contributed by atoms with E-state index < -0.39 is 27.6 Å². The Morgan fingerprint density at radius 2 is 1.65 bits per heavy atom. The van der Waals surface area contributed by atoms with Gasteiger partial charge in [-0.1, -0.05) is 65.7 Å². The number of amides is 1. The number of hydrogen-bond acceptors (Lipinski definition) is 3. The summed E-state index contributed by atoms with van der Waals surface area (Å²) in [5, 5.41) is 0.0492. The van der Waals surface area contributed by atoms with E-state index in [-0.39, 0.29) is 15.5 Å². The minimum atomic E-state index is -4.16. The molecule has 0 aliphatic carbocycles. The molecule has 160 valence electrons. The van der Waals surface area contributed by atoms with E-state index in [4.69, 9.17) is 11.6 Å². The van der Waals surface area contributed by atoms with Crippen LogP contribution in [0.4, 0.5) is 10.1 Å². The van der Waals surface area contributed by atoms with Crippen LogP contribution in [-0.4, -0.2) is 21.4 Å². The molecule has 1 amide bonds. The highest BCUT2D eigenvalue weighted by molar-refractivity contribution is 7.89. The summed E-state index contributed by atoms with van der Waals surface area (Å²) in [6.07, 6.45) is 0. The molecule has 0 spiro atoms. The van der Waals surface area contributed by atoms with Crippen LogP contribution in [0, 0.1) is 6.92 Å². The minimum absolute atomic E-state index is 0.0270. The molecule has 2 atom stereocenters. The second kappa shape index (κ2) is 7.75. The van der Waals surface area contributed by atoms with Crippen LogP contribution in [0.15, 0.2) is 77.7 Å². The molecule has 1 heterocycles. The highest BCUT2D eigenvalue weighted by Gasteiger charge is 2.58. The quantitative estimate of drug-likeness (QED) is 0.611. The fraction of sp³-hybridized carbons (Fsp3) is 0.174. The largest absolute Gasteiger partial charge is 0.312 e. The van der Waals surface area contributed by atoms with Gasteiger partial charge < -0.3 is 4.90 Å². The second-order valence-electron chi connectivity index (χ2n) is 7.49. The summed E-state index contributed by atoms with van der Waals surface area (Å²) >= 11 is 6.33. The van der Waals surface area contributed by atoms with Crippen molar-refractivity contribution >= 4 is 33.2 Å². The van der Waals surface area contributed by atoms with Gasteiger partial charge in [0.1, 0.15) is 0 Å². The number of likely N-dealkylation sites (N-methyl/N-ethyl adjacent to an activating group) is 1. The van der Waals surface area contributed by atoms with E-state index in [9.17, 15) is 13.2 Å². The normalized spacial score (nSPS) is 19.4. The number of fused-ring (bicyclic) bond motifs is 1. The number of anilines is 1. The molecule has 31 heavy (non-hydrogen) atoms. The SMILES string of the molecule is Cc1ccc(S(=O)(=O)N[C@H](c2ccccc2)[C@@]2(F)C(=O)N(C)c3cccc(Cl)c32)cc1. The van der Waals surface area contributed by atoms with Gasteiger partial charge in [-0.3, -0.25) is 4.79 Å². The van der Waals surface area contributed by atoms with E-state index in [0.29, 0.717) is 11.3 Å². The van der Waals surface area contributed by atoms with Crippen molar-refractivity contribution in [3.63, 3.8) is 0 Å². The van der Waals surface area contributed by atoms with Crippen LogP contribution < -0.4 is 9.62 Å². The summed E-state index contributed by atoms with van der Waals surface area (Å²) < 4.78 is 45.7. The van der Waals surface area contributed by atoms with Crippen molar-refractivity contribution in [3.8, 4) is 0 Å². The number of nitrogens with one attached hydrogen (secondary N) is 1. The summed E-state index contributed by atoms with van der Waals surface area (Å²) in [6, 6.07) is 17.5. The van der Waals surface area contributed by atoms with Gasteiger partial charge in [0.25, 0.3) is 5.91 Å². The zero-order valence-corrected chi connectivity index (χ0v) is 18.4. The fourth-order valence-electron chi connectivity index (χ4n) is 3.85. The van der Waals surface area contributed by atoms with Crippen molar-refractivity contribution in [1.82, 2.24) is 4.72 Å². The Balaban J connectivity index is 1.90. The standard InChI is InChI=1S/C23H20ClFN2O3S/c1-15-11-13-17(14-12-15)31(29,30)26-21(16-7-4-3-5-8-16)23(25)20-18(24)9-6-10-19(20)27(2)22(23)28/h3-14,21,26H,1-2H3/t21-,23-/m1/s1. The number of benzene rings is 3. The monoisotopic (exact) mass is 458 g/mol. The molecule has 4 rings (SSSR count). The first-order valence-electron chi connectivity index (χ1n) is 9.56. The molecule has 0 radical (unpaired) electrons. The lowest BCUT2D eigenvalue weighted by atomic mass is 9.85. The number of rotatable bonds is 5. The predicted octanol–water partition coefficient (Wildman–Crippen LogP) is 4.51. The van der Waals surface area contributed by atoms with Crippen molar-refractivity contribution in [1.29, 1.82) is 0 Å². The van der Waals surface area contributed by atoms with E-state index in [2.05, 4.69) is 4.72 Å². The average Bonchev–Trinajstić information content (AvgIpc) is 2.96. The highest BCUT2D eigenvalue weighted by Crippen LogP contribution is 2.52. The summed E-state index contributed by atoms with van der Waals surface area (Å²) in [6.45, 7) is 1.83. The van der Waals surface area contributed by atoms with Gasteiger partial charge in [-0.2, -0.15) is 4.72 Å². The Morgan fingerprint density at radius 3 is 2.29 bits per heavy atom. The predicted molar refractivity (Wildman–Crippen MR) is 118 cm³/mol. The fourth-order valence-corrected chi connectivity index (χ4v) is 5.39. The first kappa shape index (κ1) is 21.5. The number of carbonyl (C=O) groups excluding carboxylic acids is 1. The van der Waals surface area contributed by atoms with Crippen LogP contribution in [0.25, 0.3) is 0 Å². The van der Waals surface area contributed by atoms with Crippen molar-refractivity contribution in [2.45, 2.75) is 23.5 Å². The number of hydrogen-bond donors (Lipinski definition) is 1. The summed E-state index contributed by atoms with van der Waals surface area (Å²) in [7, 11) is -2.72. The lowest BCUT2D eigenvalue weighted by Gasteiger charge is -2.30. The highest BCUT2D eigenvalue weighted by atomic mass is 35.5. The van der Waals surface area contributed by atoms with Crippen molar-refractivity contribution < 1.29 is 17.6 Å². The number of alkyl halides is 1. The van der Waals surface area contributed by atoms with Crippen molar-refractivity contribution in [2.75, 3.05) is 11.9 Å². The third-order valence-electron chi connectivity index (χ3n) is 5.47. The molecule has 0 unspecified atom stereocenters. The Hall–Kier alpha value is -2.74. The van der Waals surface area contributed by atoms with Crippen LogP contribution in [-0.2, 0) is 20.5 Å². The van der Waals surface area contributed by atoms with Gasteiger partial charge in [-0.05, 0) is 36.8 Å². The van der Waals surface area contributed by atoms with Crippen LogP contribution in [0.2, 0.25) is 5.02 Å². The molecule has 0 saturated heterocycles. The van der Waals surface area contributed by atoms with Gasteiger partial charge in [0, 0.05) is 17.6 Å². The van der Waals surface area contributed by atoms with Gasteiger partial charge in [-0.25, -0.2) is 12.8 Å². The molecule has 8 heteroatoms.